The van der Waals surface area contributed by atoms with Gasteiger partial charge in [0.05, 0.1) is 32.2 Å². The molecule has 3 rings (SSSR count). The van der Waals surface area contributed by atoms with Crippen LogP contribution in [0.2, 0.25) is 0 Å². The minimum Gasteiger partial charge on any atom is -0.468 e. The van der Waals surface area contributed by atoms with Crippen LogP contribution in [0.5, 0.6) is 0 Å². The number of furan rings is 3. The van der Waals surface area contributed by atoms with Crippen molar-refractivity contribution in [2.75, 3.05) is 0 Å². The van der Waals surface area contributed by atoms with Crippen molar-refractivity contribution in [2.24, 2.45) is 0 Å². The van der Waals surface area contributed by atoms with Crippen LogP contribution in [0.4, 0.5) is 0 Å². The Balaban J connectivity index is 1.73. The van der Waals surface area contributed by atoms with Crippen LogP contribution in [0.15, 0.2) is 62.2 Å². The van der Waals surface area contributed by atoms with E-state index in [1.54, 1.807) is 26.4 Å². The van der Waals surface area contributed by atoms with Gasteiger partial charge >= 0.3 is 0 Å². The van der Waals surface area contributed by atoms with Gasteiger partial charge in [-0.3, -0.25) is 4.90 Å². The number of hydrogen-bond acceptors (Lipinski definition) is 5. The second kappa shape index (κ2) is 6.48. The zero-order valence-corrected chi connectivity index (χ0v) is 13.4. The average molecular weight is 315 g/mol. The lowest BCUT2D eigenvalue weighted by Gasteiger charge is -2.19. The van der Waals surface area contributed by atoms with Crippen LogP contribution in [0.3, 0.4) is 0 Å². The Morgan fingerprint density at radius 3 is 1.87 bits per heavy atom. The molecule has 3 aromatic rings. The average Bonchev–Trinajstić information content (AvgIpc) is 3.18. The van der Waals surface area contributed by atoms with Crippen molar-refractivity contribution in [1.29, 1.82) is 0 Å². The van der Waals surface area contributed by atoms with E-state index in [9.17, 15) is 5.11 Å². The molecule has 0 amide bonds. The van der Waals surface area contributed by atoms with Crippen LogP contribution in [0.1, 0.15) is 36.9 Å². The molecule has 0 spiro atoms. The predicted molar refractivity (Wildman–Crippen MR) is 84.3 cm³/mol. The zero-order chi connectivity index (χ0) is 16.3. The van der Waals surface area contributed by atoms with Gasteiger partial charge in [-0.1, -0.05) is 0 Å². The summed E-state index contributed by atoms with van der Waals surface area (Å²) >= 11 is 0. The van der Waals surface area contributed by atoms with Crippen molar-refractivity contribution >= 4 is 0 Å². The van der Waals surface area contributed by atoms with E-state index in [0.29, 0.717) is 25.4 Å². The van der Waals surface area contributed by atoms with E-state index in [4.69, 9.17) is 13.3 Å². The molecule has 1 N–H and O–H groups in total. The van der Waals surface area contributed by atoms with Gasteiger partial charge in [0.1, 0.15) is 28.6 Å². The predicted octanol–water partition coefficient (Wildman–Crippen LogP) is 3.90. The summed E-state index contributed by atoms with van der Waals surface area (Å²) in [5.74, 6) is 3.11. The summed E-state index contributed by atoms with van der Waals surface area (Å²) < 4.78 is 16.6. The van der Waals surface area contributed by atoms with Gasteiger partial charge in [0, 0.05) is 0 Å². The molecule has 0 aliphatic rings. The summed E-state index contributed by atoms with van der Waals surface area (Å²) in [5.41, 5.74) is -0.981. The first-order chi connectivity index (χ1) is 11.0. The van der Waals surface area contributed by atoms with E-state index in [-0.39, 0.29) is 0 Å². The van der Waals surface area contributed by atoms with Crippen LogP contribution in [-0.2, 0) is 25.2 Å². The first kappa shape index (κ1) is 15.6. The molecule has 0 radical (unpaired) electrons. The summed E-state index contributed by atoms with van der Waals surface area (Å²) in [6, 6.07) is 11.3. The van der Waals surface area contributed by atoms with Crippen LogP contribution in [0, 0.1) is 0 Å². The summed E-state index contributed by atoms with van der Waals surface area (Å²) in [6.07, 6.45) is 3.33. The minimum absolute atomic E-state index is 0.559. The van der Waals surface area contributed by atoms with Gasteiger partial charge in [-0.25, -0.2) is 0 Å². The lowest BCUT2D eigenvalue weighted by molar-refractivity contribution is 0.0512. The van der Waals surface area contributed by atoms with Crippen molar-refractivity contribution in [3.63, 3.8) is 0 Å². The third-order valence-electron chi connectivity index (χ3n) is 3.56. The van der Waals surface area contributed by atoms with Gasteiger partial charge in [-0.15, -0.1) is 0 Å². The molecule has 0 aromatic carbocycles. The van der Waals surface area contributed by atoms with Gasteiger partial charge in [0.25, 0.3) is 0 Å². The van der Waals surface area contributed by atoms with E-state index >= 15 is 0 Å². The largest absolute Gasteiger partial charge is 0.468 e. The van der Waals surface area contributed by atoms with Crippen LogP contribution >= 0.6 is 0 Å². The van der Waals surface area contributed by atoms with E-state index in [0.717, 1.165) is 17.3 Å². The van der Waals surface area contributed by atoms with Crippen molar-refractivity contribution in [1.82, 2.24) is 4.90 Å². The number of rotatable bonds is 7. The first-order valence-corrected chi connectivity index (χ1v) is 7.59. The Kier molecular flexibility index (Phi) is 4.41. The third-order valence-corrected chi connectivity index (χ3v) is 3.56. The van der Waals surface area contributed by atoms with Crippen LogP contribution < -0.4 is 0 Å². The first-order valence-electron chi connectivity index (χ1n) is 7.59. The highest BCUT2D eigenvalue weighted by Crippen LogP contribution is 2.23. The summed E-state index contributed by atoms with van der Waals surface area (Å²) in [6.45, 7) is 5.30. The molecule has 0 atom stereocenters. The maximum Gasteiger partial charge on any atom is 0.135 e. The summed E-state index contributed by atoms with van der Waals surface area (Å²) in [4.78, 5) is 2.16. The number of nitrogens with zero attached hydrogens (tertiary/aromatic N) is 1. The van der Waals surface area contributed by atoms with Gasteiger partial charge < -0.3 is 18.4 Å². The standard InChI is InChI=1S/C18H21NO4/c1-18(2,20)17-8-7-16(23-17)13-19(11-14-5-3-9-21-14)12-15-6-4-10-22-15/h3-10,20H,11-13H2,1-2H3. The zero-order valence-electron chi connectivity index (χ0n) is 13.4. The van der Waals surface area contributed by atoms with E-state index in [1.165, 1.54) is 0 Å². The van der Waals surface area contributed by atoms with Gasteiger partial charge in [-0.2, -0.15) is 0 Å². The Labute approximate surface area is 135 Å². The normalized spacial score (nSPS) is 12.2. The molecule has 0 bridgehead atoms. The molecule has 5 nitrogen and oxygen atoms in total. The van der Waals surface area contributed by atoms with E-state index in [1.807, 2.05) is 36.4 Å². The summed E-state index contributed by atoms with van der Waals surface area (Å²) in [7, 11) is 0. The molecule has 0 saturated carbocycles. The fourth-order valence-corrected chi connectivity index (χ4v) is 2.43. The SMILES string of the molecule is CC(C)(O)c1ccc(CN(Cc2ccco2)Cc2ccco2)o1. The highest BCUT2D eigenvalue weighted by Gasteiger charge is 2.21. The quantitative estimate of drug-likeness (QED) is 0.716. The maximum atomic E-state index is 10.0. The van der Waals surface area contributed by atoms with E-state index in [2.05, 4.69) is 4.90 Å². The second-order valence-electron chi connectivity index (χ2n) is 6.13. The topological polar surface area (TPSA) is 62.9 Å². The molecular weight excluding hydrogens is 294 g/mol. The van der Waals surface area contributed by atoms with Crippen molar-refractivity contribution in [2.45, 2.75) is 39.1 Å². The molecule has 0 unspecified atom stereocenters. The van der Waals surface area contributed by atoms with Crippen LogP contribution in [-0.4, -0.2) is 10.0 Å². The van der Waals surface area contributed by atoms with Crippen molar-refractivity contribution < 1.29 is 18.4 Å². The molecule has 3 aromatic heterocycles. The van der Waals surface area contributed by atoms with Crippen molar-refractivity contribution in [3.8, 4) is 0 Å². The summed E-state index contributed by atoms with van der Waals surface area (Å²) in [5, 5.41) is 10.0. The maximum absolute atomic E-state index is 10.0. The monoisotopic (exact) mass is 315 g/mol. The molecule has 3 heterocycles. The smallest absolute Gasteiger partial charge is 0.135 e. The van der Waals surface area contributed by atoms with Crippen molar-refractivity contribution in [3.05, 3.63) is 72.0 Å². The third kappa shape index (κ3) is 4.15. The highest BCUT2D eigenvalue weighted by atomic mass is 16.4. The minimum atomic E-state index is -0.981. The second-order valence-corrected chi connectivity index (χ2v) is 6.13. The molecule has 0 saturated heterocycles. The fraction of sp³-hybridized carbons (Fsp3) is 0.333. The Morgan fingerprint density at radius 1 is 0.870 bits per heavy atom. The molecule has 0 fully saturated rings. The fourth-order valence-electron chi connectivity index (χ4n) is 2.43. The molecule has 5 heteroatoms. The number of aliphatic hydroxyl groups is 1. The Hall–Kier alpha value is -2.24. The molecule has 0 aliphatic carbocycles. The van der Waals surface area contributed by atoms with Crippen LogP contribution in [0.25, 0.3) is 0 Å². The van der Waals surface area contributed by atoms with Gasteiger partial charge in [0.2, 0.25) is 0 Å². The molecule has 122 valence electrons. The van der Waals surface area contributed by atoms with E-state index < -0.39 is 5.60 Å². The molecular formula is C18H21NO4. The van der Waals surface area contributed by atoms with Gasteiger partial charge in [-0.05, 0) is 50.2 Å². The number of hydrogen-bond donors (Lipinski definition) is 1. The van der Waals surface area contributed by atoms with Gasteiger partial charge in [0.15, 0.2) is 0 Å². The molecule has 0 aliphatic heterocycles. The lowest BCUT2D eigenvalue weighted by Crippen LogP contribution is -2.21. The highest BCUT2D eigenvalue weighted by molar-refractivity contribution is 5.12. The molecule has 23 heavy (non-hydrogen) atoms. The lowest BCUT2D eigenvalue weighted by atomic mass is 10.1. The Morgan fingerprint density at radius 2 is 1.43 bits per heavy atom. The Bertz CT molecular complexity index is 668.